The predicted molar refractivity (Wildman–Crippen MR) is 173 cm³/mol. The first-order valence-corrected chi connectivity index (χ1v) is 14.6. The molecule has 0 unspecified atom stereocenters. The molecule has 2 amide bonds. The van der Waals surface area contributed by atoms with Gasteiger partial charge in [0.1, 0.15) is 18.1 Å². The topological polar surface area (TPSA) is 99.0 Å². The van der Waals surface area contributed by atoms with Gasteiger partial charge in [0.2, 0.25) is 0 Å². The van der Waals surface area contributed by atoms with Crippen molar-refractivity contribution in [3.8, 4) is 0 Å². The summed E-state index contributed by atoms with van der Waals surface area (Å²) in [5.74, 6) is -2.51. The van der Waals surface area contributed by atoms with E-state index in [1.807, 2.05) is 97.1 Å². The second-order valence-electron chi connectivity index (χ2n) is 10.8. The van der Waals surface area contributed by atoms with E-state index >= 15 is 0 Å². The molecule has 7 rings (SSSR count). The van der Waals surface area contributed by atoms with Crippen LogP contribution in [-0.4, -0.2) is 28.2 Å². The molecule has 8 nitrogen and oxygen atoms in total. The van der Waals surface area contributed by atoms with Crippen molar-refractivity contribution in [2.75, 3.05) is 6.54 Å². The molecule has 2 bridgehead atoms. The van der Waals surface area contributed by atoms with Crippen LogP contribution in [0.4, 0.5) is 5.69 Å². The second kappa shape index (κ2) is 11.7. The van der Waals surface area contributed by atoms with Crippen molar-refractivity contribution in [1.29, 1.82) is 0 Å². The summed E-state index contributed by atoms with van der Waals surface area (Å²) in [6.07, 6.45) is 0. The minimum Gasteiger partial charge on any atom is -0.445 e. The van der Waals surface area contributed by atoms with E-state index in [-0.39, 0.29) is 34.9 Å². The fraction of sp³-hybridized carbons (Fsp3) is 0.0526. The van der Waals surface area contributed by atoms with Gasteiger partial charge in [-0.2, -0.15) is 0 Å². The Morgan fingerprint density at radius 1 is 0.543 bits per heavy atom. The van der Waals surface area contributed by atoms with Gasteiger partial charge in [0.05, 0.1) is 16.1 Å². The van der Waals surface area contributed by atoms with E-state index in [9.17, 15) is 19.7 Å². The average molecular weight is 607 g/mol. The van der Waals surface area contributed by atoms with Crippen molar-refractivity contribution in [3.05, 3.63) is 184 Å². The largest absolute Gasteiger partial charge is 0.445 e. The molecule has 8 heteroatoms. The first-order chi connectivity index (χ1) is 22.4. The average Bonchev–Trinajstić information content (AvgIpc) is 3.33. The van der Waals surface area contributed by atoms with E-state index in [4.69, 9.17) is 9.47 Å². The van der Waals surface area contributed by atoms with E-state index in [1.54, 1.807) is 24.3 Å². The minimum atomic E-state index is -1.80. The van der Waals surface area contributed by atoms with Crippen LogP contribution < -0.4 is 0 Å². The van der Waals surface area contributed by atoms with Crippen LogP contribution in [0.1, 0.15) is 27.8 Å². The molecule has 224 valence electrons. The smallest absolute Gasteiger partial charge is 0.296 e. The lowest BCUT2D eigenvalue weighted by Gasteiger charge is -2.35. The number of carbonyl (C=O) groups is 2. The van der Waals surface area contributed by atoms with Gasteiger partial charge in [-0.1, -0.05) is 121 Å². The van der Waals surface area contributed by atoms with Crippen molar-refractivity contribution in [2.45, 2.75) is 5.79 Å². The third kappa shape index (κ3) is 5.01. The van der Waals surface area contributed by atoms with Gasteiger partial charge in [0, 0.05) is 28.8 Å². The van der Waals surface area contributed by atoms with Crippen molar-refractivity contribution in [1.82, 2.24) is 4.90 Å². The lowest BCUT2D eigenvalue weighted by atomic mass is 9.97. The summed E-state index contributed by atoms with van der Waals surface area (Å²) < 4.78 is 14.0. The van der Waals surface area contributed by atoms with Crippen LogP contribution in [0.3, 0.4) is 0 Å². The summed E-state index contributed by atoms with van der Waals surface area (Å²) in [4.78, 5) is 42.0. The Morgan fingerprint density at radius 3 is 1.28 bits per heavy atom. The summed E-state index contributed by atoms with van der Waals surface area (Å²) in [5, 5.41) is 11.6. The number of benzene rings is 5. The number of nitro groups is 1. The minimum absolute atomic E-state index is 0.126. The number of nitrogens with zero attached hydrogens (tertiary/aromatic N) is 2. The molecule has 0 saturated carbocycles. The molecule has 2 heterocycles. The quantitative estimate of drug-likeness (QED) is 0.114. The number of non-ortho nitro benzene ring substituents is 1. The Balaban J connectivity index is 1.56. The van der Waals surface area contributed by atoms with E-state index in [0.717, 1.165) is 4.90 Å². The SMILES string of the molecule is O=C1C(c2ccccc2)=C(c2ccccc2)OC2(c3ccc([N+](=O)[O-])cc3)CN1C(=O)C(c1ccccc1)=C(c1ccccc1)O2. The monoisotopic (exact) mass is 606 g/mol. The van der Waals surface area contributed by atoms with E-state index in [1.165, 1.54) is 24.3 Å². The molecule has 5 aromatic rings. The molecule has 0 spiro atoms. The molecule has 0 fully saturated rings. The van der Waals surface area contributed by atoms with Gasteiger partial charge in [-0.3, -0.25) is 24.6 Å². The Morgan fingerprint density at radius 2 is 0.913 bits per heavy atom. The summed E-state index contributed by atoms with van der Waals surface area (Å²) in [6, 6.07) is 42.2. The predicted octanol–water partition coefficient (Wildman–Crippen LogP) is 7.30. The van der Waals surface area contributed by atoms with Gasteiger partial charge in [0.25, 0.3) is 23.3 Å². The number of carbonyl (C=O) groups excluding carboxylic acids is 2. The highest BCUT2D eigenvalue weighted by atomic mass is 16.7. The van der Waals surface area contributed by atoms with Crippen LogP contribution in [0.25, 0.3) is 22.7 Å². The van der Waals surface area contributed by atoms with Crippen LogP contribution in [0.15, 0.2) is 146 Å². The molecular weight excluding hydrogens is 580 g/mol. The first-order valence-electron chi connectivity index (χ1n) is 14.6. The lowest BCUT2D eigenvalue weighted by Crippen LogP contribution is -2.45. The van der Waals surface area contributed by atoms with Gasteiger partial charge < -0.3 is 9.47 Å². The molecule has 2 aliphatic heterocycles. The van der Waals surface area contributed by atoms with E-state index in [0.29, 0.717) is 27.8 Å². The van der Waals surface area contributed by atoms with Gasteiger partial charge in [-0.05, 0) is 23.3 Å². The zero-order valence-electron chi connectivity index (χ0n) is 24.4. The Labute approximate surface area is 264 Å². The number of nitro benzene ring substituents is 1. The highest BCUT2D eigenvalue weighted by molar-refractivity contribution is 6.37. The maximum atomic E-state index is 14.8. The summed E-state index contributed by atoms with van der Waals surface area (Å²) in [7, 11) is 0. The number of hydrogen-bond acceptors (Lipinski definition) is 6. The third-order valence-electron chi connectivity index (χ3n) is 7.99. The Kier molecular flexibility index (Phi) is 7.22. The first kappa shape index (κ1) is 28.5. The summed E-state index contributed by atoms with van der Waals surface area (Å²) >= 11 is 0. The molecule has 0 aromatic heterocycles. The molecular formula is C38H26N2O6. The molecule has 46 heavy (non-hydrogen) atoms. The number of imide groups is 1. The fourth-order valence-electron chi connectivity index (χ4n) is 5.78. The number of rotatable bonds is 6. The zero-order valence-corrected chi connectivity index (χ0v) is 24.4. The zero-order chi connectivity index (χ0) is 31.7. The molecule has 0 atom stereocenters. The highest BCUT2D eigenvalue weighted by Gasteiger charge is 2.52. The molecule has 0 aliphatic carbocycles. The van der Waals surface area contributed by atoms with E-state index < -0.39 is 22.5 Å². The highest BCUT2D eigenvalue weighted by Crippen LogP contribution is 2.48. The van der Waals surface area contributed by atoms with Crippen molar-refractivity contribution >= 4 is 40.2 Å². The van der Waals surface area contributed by atoms with Crippen molar-refractivity contribution in [2.24, 2.45) is 0 Å². The number of ether oxygens (including phenoxy) is 2. The van der Waals surface area contributed by atoms with Crippen molar-refractivity contribution < 1.29 is 24.0 Å². The van der Waals surface area contributed by atoms with Crippen LogP contribution in [-0.2, 0) is 24.8 Å². The number of hydrogen-bond donors (Lipinski definition) is 0. The van der Waals surface area contributed by atoms with Crippen molar-refractivity contribution in [3.63, 3.8) is 0 Å². The van der Waals surface area contributed by atoms with Gasteiger partial charge in [-0.15, -0.1) is 0 Å². The summed E-state index contributed by atoms with van der Waals surface area (Å²) in [5.41, 5.74) is 2.91. The number of fused-ring (bicyclic) bond motifs is 2. The normalized spacial score (nSPS) is 15.9. The standard InChI is InChI=1S/C38H26N2O6/c41-36-32(26-13-5-1-6-14-26)34(28-17-9-3-10-18-28)45-38(30-21-23-31(24-22-30)40(43)44)25-39(36)37(42)33(27-15-7-2-8-16-27)35(46-38)29-19-11-4-12-20-29/h1-24H,25H2. The third-order valence-corrected chi connectivity index (χ3v) is 7.99. The van der Waals surface area contributed by atoms with E-state index in [2.05, 4.69) is 0 Å². The molecule has 5 aromatic carbocycles. The van der Waals surface area contributed by atoms with Crippen LogP contribution >= 0.6 is 0 Å². The molecule has 0 saturated heterocycles. The Bertz CT molecular complexity index is 1890. The Hall–Kier alpha value is -6.28. The van der Waals surface area contributed by atoms with Gasteiger partial charge >= 0.3 is 0 Å². The second-order valence-corrected chi connectivity index (χ2v) is 10.8. The lowest BCUT2D eigenvalue weighted by molar-refractivity contribution is -0.384. The van der Waals surface area contributed by atoms with Crippen LogP contribution in [0.5, 0.6) is 0 Å². The maximum absolute atomic E-state index is 14.8. The molecule has 0 radical (unpaired) electrons. The molecule has 0 N–H and O–H groups in total. The maximum Gasteiger partial charge on any atom is 0.296 e. The van der Waals surface area contributed by atoms with Crippen LogP contribution in [0.2, 0.25) is 0 Å². The van der Waals surface area contributed by atoms with Gasteiger partial charge in [-0.25, -0.2) is 0 Å². The summed E-state index contributed by atoms with van der Waals surface area (Å²) in [6.45, 7) is -0.332. The molecule has 2 aliphatic rings. The fourth-order valence-corrected chi connectivity index (χ4v) is 5.78. The number of amides is 2. The van der Waals surface area contributed by atoms with Gasteiger partial charge in [0.15, 0.2) is 0 Å². The van der Waals surface area contributed by atoms with Crippen LogP contribution in [0, 0.1) is 10.1 Å².